The van der Waals surface area contributed by atoms with Gasteiger partial charge in [-0.2, -0.15) is 0 Å². The quantitative estimate of drug-likeness (QED) is 0.867. The lowest BCUT2D eigenvalue weighted by atomic mass is 10.0. The van der Waals surface area contributed by atoms with Crippen LogP contribution in [0.15, 0.2) is 29.2 Å². The van der Waals surface area contributed by atoms with Gasteiger partial charge in [0, 0.05) is 43.9 Å². The standard InChI is InChI=1S/C21H27N3O3/c1-14-4-2-6-17-19(14)22-12-18(20(17)25)21(26)23-15-7-9-24(10-8-15)13-16-5-3-11-27-16/h2,4,6,12,15-16H,3,5,7-11,13H2,1H3,(H,22,25)(H,23,26)/t16-/m1/s1. The molecule has 6 nitrogen and oxygen atoms in total. The van der Waals surface area contributed by atoms with Crippen molar-refractivity contribution in [1.29, 1.82) is 0 Å². The van der Waals surface area contributed by atoms with Crippen LogP contribution in [-0.2, 0) is 4.74 Å². The Morgan fingerprint density at radius 2 is 2.11 bits per heavy atom. The first-order valence-electron chi connectivity index (χ1n) is 9.87. The average Bonchev–Trinajstić information content (AvgIpc) is 3.17. The van der Waals surface area contributed by atoms with Gasteiger partial charge in [-0.1, -0.05) is 12.1 Å². The summed E-state index contributed by atoms with van der Waals surface area (Å²) in [6.07, 6.45) is 6.04. The molecule has 144 valence electrons. The number of para-hydroxylation sites is 1. The number of carbonyl (C=O) groups excluding carboxylic acids is 1. The van der Waals surface area contributed by atoms with Gasteiger partial charge in [0.2, 0.25) is 5.43 Å². The van der Waals surface area contributed by atoms with Crippen LogP contribution >= 0.6 is 0 Å². The van der Waals surface area contributed by atoms with E-state index in [1.54, 1.807) is 12.3 Å². The number of aromatic nitrogens is 1. The van der Waals surface area contributed by atoms with E-state index >= 15 is 0 Å². The zero-order valence-corrected chi connectivity index (χ0v) is 15.8. The highest BCUT2D eigenvalue weighted by atomic mass is 16.5. The highest BCUT2D eigenvalue weighted by molar-refractivity contribution is 5.97. The molecule has 1 aromatic heterocycles. The van der Waals surface area contributed by atoms with Crippen molar-refractivity contribution in [3.05, 3.63) is 45.7 Å². The molecular weight excluding hydrogens is 342 g/mol. The highest BCUT2D eigenvalue weighted by Gasteiger charge is 2.25. The van der Waals surface area contributed by atoms with Crippen molar-refractivity contribution in [3.8, 4) is 0 Å². The van der Waals surface area contributed by atoms with Gasteiger partial charge in [-0.05, 0) is 44.2 Å². The van der Waals surface area contributed by atoms with Crippen LogP contribution in [0.1, 0.15) is 41.6 Å². The van der Waals surface area contributed by atoms with Crippen LogP contribution in [0.3, 0.4) is 0 Å². The molecule has 1 amide bonds. The molecule has 2 N–H and O–H groups in total. The van der Waals surface area contributed by atoms with E-state index in [0.717, 1.165) is 63.0 Å². The van der Waals surface area contributed by atoms with E-state index in [1.807, 2.05) is 19.1 Å². The van der Waals surface area contributed by atoms with Crippen LogP contribution in [0.2, 0.25) is 0 Å². The maximum absolute atomic E-state index is 12.7. The minimum Gasteiger partial charge on any atom is -0.377 e. The van der Waals surface area contributed by atoms with Crippen LogP contribution in [0.25, 0.3) is 10.9 Å². The van der Waals surface area contributed by atoms with E-state index in [1.165, 1.54) is 0 Å². The third kappa shape index (κ3) is 3.92. The third-order valence-electron chi connectivity index (χ3n) is 5.78. The Hall–Kier alpha value is -2.18. The van der Waals surface area contributed by atoms with Crippen LogP contribution in [0.4, 0.5) is 0 Å². The number of carbonyl (C=O) groups is 1. The number of nitrogens with zero attached hydrogens (tertiary/aromatic N) is 1. The van der Waals surface area contributed by atoms with Gasteiger partial charge in [0.05, 0.1) is 11.6 Å². The Bertz CT molecular complexity index is 878. The molecule has 1 atom stereocenters. The number of hydrogen-bond acceptors (Lipinski definition) is 4. The van der Waals surface area contributed by atoms with Crippen molar-refractivity contribution in [2.24, 2.45) is 0 Å². The summed E-state index contributed by atoms with van der Waals surface area (Å²) in [7, 11) is 0. The Kier molecular flexibility index (Phi) is 5.27. The number of amides is 1. The van der Waals surface area contributed by atoms with Crippen LogP contribution in [0.5, 0.6) is 0 Å². The summed E-state index contributed by atoms with van der Waals surface area (Å²) in [5, 5.41) is 3.62. The molecule has 0 radical (unpaired) electrons. The minimum absolute atomic E-state index is 0.117. The molecule has 0 unspecified atom stereocenters. The number of hydrogen-bond donors (Lipinski definition) is 2. The van der Waals surface area contributed by atoms with Gasteiger partial charge in [-0.3, -0.25) is 9.59 Å². The zero-order valence-electron chi connectivity index (χ0n) is 15.8. The number of ether oxygens (including phenoxy) is 1. The first-order valence-corrected chi connectivity index (χ1v) is 9.87. The molecule has 1 aromatic carbocycles. The fourth-order valence-corrected chi connectivity index (χ4v) is 4.17. The van der Waals surface area contributed by atoms with Crippen molar-refractivity contribution < 1.29 is 9.53 Å². The summed E-state index contributed by atoms with van der Waals surface area (Å²) in [5.74, 6) is -0.280. The monoisotopic (exact) mass is 369 g/mol. The first-order chi connectivity index (χ1) is 13.1. The van der Waals surface area contributed by atoms with E-state index in [9.17, 15) is 9.59 Å². The molecule has 2 aromatic rings. The topological polar surface area (TPSA) is 74.4 Å². The molecule has 2 aliphatic rings. The van der Waals surface area contributed by atoms with Crippen molar-refractivity contribution in [3.63, 3.8) is 0 Å². The average molecular weight is 369 g/mol. The second-order valence-electron chi connectivity index (χ2n) is 7.71. The summed E-state index contributed by atoms with van der Waals surface area (Å²) in [4.78, 5) is 30.9. The summed E-state index contributed by atoms with van der Waals surface area (Å²) in [6, 6.07) is 5.67. The summed E-state index contributed by atoms with van der Waals surface area (Å²) in [6.45, 7) is 5.74. The fraction of sp³-hybridized carbons (Fsp3) is 0.524. The molecule has 6 heteroatoms. The second-order valence-corrected chi connectivity index (χ2v) is 7.71. The normalized spacial score (nSPS) is 21.6. The molecule has 27 heavy (non-hydrogen) atoms. The van der Waals surface area contributed by atoms with Crippen LogP contribution in [-0.4, -0.2) is 54.2 Å². The van der Waals surface area contributed by atoms with Crippen LogP contribution < -0.4 is 10.7 Å². The fourth-order valence-electron chi connectivity index (χ4n) is 4.17. The number of aryl methyl sites for hydroxylation is 1. The number of aromatic amines is 1. The third-order valence-corrected chi connectivity index (χ3v) is 5.78. The number of piperidine rings is 1. The maximum atomic E-state index is 12.7. The zero-order chi connectivity index (χ0) is 18.8. The molecule has 0 saturated carbocycles. The number of pyridine rings is 1. The van der Waals surface area contributed by atoms with Gasteiger partial charge in [-0.25, -0.2) is 0 Å². The molecule has 2 fully saturated rings. The molecule has 0 aliphatic carbocycles. The lowest BCUT2D eigenvalue weighted by Gasteiger charge is -2.33. The number of nitrogens with one attached hydrogen (secondary N) is 2. The molecule has 0 spiro atoms. The lowest BCUT2D eigenvalue weighted by molar-refractivity contribution is 0.0612. The van der Waals surface area contributed by atoms with Gasteiger partial charge in [-0.15, -0.1) is 0 Å². The summed E-state index contributed by atoms with van der Waals surface area (Å²) < 4.78 is 5.71. The van der Waals surface area contributed by atoms with Gasteiger partial charge in [0.15, 0.2) is 0 Å². The number of benzene rings is 1. The largest absolute Gasteiger partial charge is 0.377 e. The Labute approximate surface area is 158 Å². The summed E-state index contributed by atoms with van der Waals surface area (Å²) in [5.41, 5.74) is 1.77. The molecule has 2 saturated heterocycles. The van der Waals surface area contributed by atoms with E-state index in [-0.39, 0.29) is 22.9 Å². The van der Waals surface area contributed by atoms with Gasteiger partial charge in [0.1, 0.15) is 5.56 Å². The Morgan fingerprint density at radius 1 is 1.30 bits per heavy atom. The van der Waals surface area contributed by atoms with E-state index in [0.29, 0.717) is 11.5 Å². The van der Waals surface area contributed by atoms with Crippen molar-refractivity contribution >= 4 is 16.8 Å². The number of H-pyrrole nitrogens is 1. The molecular formula is C21H27N3O3. The van der Waals surface area contributed by atoms with Gasteiger partial charge < -0.3 is 19.9 Å². The molecule has 2 aliphatic heterocycles. The second kappa shape index (κ2) is 7.82. The number of likely N-dealkylation sites (tertiary alicyclic amines) is 1. The van der Waals surface area contributed by atoms with Crippen molar-refractivity contribution in [2.75, 3.05) is 26.2 Å². The predicted molar refractivity (Wildman–Crippen MR) is 105 cm³/mol. The lowest BCUT2D eigenvalue weighted by Crippen LogP contribution is -2.47. The molecule has 4 rings (SSSR count). The number of fused-ring (bicyclic) bond motifs is 1. The molecule has 3 heterocycles. The highest BCUT2D eigenvalue weighted by Crippen LogP contribution is 2.17. The predicted octanol–water partition coefficient (Wildman–Crippen LogP) is 2.21. The van der Waals surface area contributed by atoms with Crippen molar-refractivity contribution in [1.82, 2.24) is 15.2 Å². The number of rotatable bonds is 4. The summed E-state index contributed by atoms with van der Waals surface area (Å²) >= 11 is 0. The van der Waals surface area contributed by atoms with E-state index in [2.05, 4.69) is 15.2 Å². The van der Waals surface area contributed by atoms with Crippen molar-refractivity contribution in [2.45, 2.75) is 44.8 Å². The van der Waals surface area contributed by atoms with Crippen LogP contribution in [0, 0.1) is 6.92 Å². The molecule has 0 bridgehead atoms. The van der Waals surface area contributed by atoms with Gasteiger partial charge in [0.25, 0.3) is 5.91 Å². The van der Waals surface area contributed by atoms with Gasteiger partial charge >= 0.3 is 0 Å². The first kappa shape index (κ1) is 18.2. The van der Waals surface area contributed by atoms with E-state index < -0.39 is 0 Å². The SMILES string of the molecule is Cc1cccc2c(=O)c(C(=O)NC3CCN(C[C@H]4CCCO4)CC3)c[nH]c12. The smallest absolute Gasteiger partial charge is 0.256 e. The minimum atomic E-state index is -0.280. The van der Waals surface area contributed by atoms with E-state index in [4.69, 9.17) is 4.74 Å². The Balaban J connectivity index is 1.38. The Morgan fingerprint density at radius 3 is 2.85 bits per heavy atom. The maximum Gasteiger partial charge on any atom is 0.256 e.